The van der Waals surface area contributed by atoms with E-state index in [-0.39, 0.29) is 0 Å². The van der Waals surface area contributed by atoms with E-state index in [9.17, 15) is 0 Å². The first-order valence-corrected chi connectivity index (χ1v) is 5.12. The standard InChI is InChI=1S/C12H11N3O/c13-8-10-1-2-12(11(7-10)9-14)15-3-5-16-6-4-15/h1-2,7H,3-6H2. The molecule has 4 heteroatoms. The molecule has 4 nitrogen and oxygen atoms in total. The lowest BCUT2D eigenvalue weighted by molar-refractivity contribution is 0.122. The first-order chi connectivity index (χ1) is 7.85. The van der Waals surface area contributed by atoms with E-state index in [1.54, 1.807) is 12.1 Å². The van der Waals surface area contributed by atoms with Crippen LogP contribution in [0.4, 0.5) is 5.69 Å². The minimum atomic E-state index is 0.522. The van der Waals surface area contributed by atoms with Crippen LogP contribution in [-0.2, 0) is 4.74 Å². The number of hydrogen-bond donors (Lipinski definition) is 0. The van der Waals surface area contributed by atoms with Crippen molar-refractivity contribution in [1.29, 1.82) is 10.5 Å². The fraction of sp³-hybridized carbons (Fsp3) is 0.333. The van der Waals surface area contributed by atoms with Crippen LogP contribution in [0.3, 0.4) is 0 Å². The van der Waals surface area contributed by atoms with Gasteiger partial charge in [0.15, 0.2) is 0 Å². The molecule has 0 bridgehead atoms. The van der Waals surface area contributed by atoms with Gasteiger partial charge in [0.2, 0.25) is 0 Å². The maximum absolute atomic E-state index is 9.05. The molecule has 0 spiro atoms. The van der Waals surface area contributed by atoms with Gasteiger partial charge < -0.3 is 9.64 Å². The number of nitriles is 2. The average molecular weight is 213 g/mol. The Bertz CT molecular complexity index is 464. The SMILES string of the molecule is N#Cc1ccc(N2CCOCC2)c(C#N)c1. The summed E-state index contributed by atoms with van der Waals surface area (Å²) in [5, 5.41) is 17.8. The summed E-state index contributed by atoms with van der Waals surface area (Å²) in [6.07, 6.45) is 0. The Kier molecular flexibility index (Phi) is 3.05. The molecule has 2 rings (SSSR count). The normalized spacial score (nSPS) is 15.2. The first-order valence-electron chi connectivity index (χ1n) is 5.12. The third-order valence-corrected chi connectivity index (χ3v) is 2.60. The third kappa shape index (κ3) is 1.98. The number of anilines is 1. The Morgan fingerprint density at radius 1 is 1.12 bits per heavy atom. The molecule has 0 saturated carbocycles. The molecule has 80 valence electrons. The molecule has 1 saturated heterocycles. The number of hydrogen-bond acceptors (Lipinski definition) is 4. The molecule has 1 aliphatic heterocycles. The van der Waals surface area contributed by atoms with Crippen molar-refractivity contribution < 1.29 is 4.74 Å². The van der Waals surface area contributed by atoms with Crippen LogP contribution in [-0.4, -0.2) is 26.3 Å². The molecule has 0 unspecified atom stereocenters. The molecule has 0 atom stereocenters. The van der Waals surface area contributed by atoms with Crippen LogP contribution >= 0.6 is 0 Å². The molecule has 1 aromatic carbocycles. The van der Waals surface area contributed by atoms with E-state index in [2.05, 4.69) is 11.0 Å². The zero-order valence-corrected chi connectivity index (χ0v) is 8.81. The second kappa shape index (κ2) is 4.65. The van der Waals surface area contributed by atoms with Gasteiger partial charge in [-0.25, -0.2) is 0 Å². The average Bonchev–Trinajstić information content (AvgIpc) is 2.39. The van der Waals surface area contributed by atoms with Gasteiger partial charge in [-0.05, 0) is 18.2 Å². The summed E-state index contributed by atoms with van der Waals surface area (Å²) < 4.78 is 5.26. The fourth-order valence-electron chi connectivity index (χ4n) is 1.78. The summed E-state index contributed by atoms with van der Waals surface area (Å²) in [7, 11) is 0. The summed E-state index contributed by atoms with van der Waals surface area (Å²) in [6.45, 7) is 2.96. The summed E-state index contributed by atoms with van der Waals surface area (Å²) >= 11 is 0. The van der Waals surface area contributed by atoms with Crippen molar-refractivity contribution in [3.05, 3.63) is 29.3 Å². The van der Waals surface area contributed by atoms with Crippen LogP contribution in [0, 0.1) is 22.7 Å². The van der Waals surface area contributed by atoms with Gasteiger partial charge in [0, 0.05) is 13.1 Å². The van der Waals surface area contributed by atoms with Crippen LogP contribution in [0.2, 0.25) is 0 Å². The highest BCUT2D eigenvalue weighted by atomic mass is 16.5. The minimum Gasteiger partial charge on any atom is -0.378 e. The van der Waals surface area contributed by atoms with Crippen molar-refractivity contribution in [1.82, 2.24) is 0 Å². The predicted octanol–water partition coefficient (Wildman–Crippen LogP) is 1.27. The second-order valence-electron chi connectivity index (χ2n) is 3.55. The van der Waals surface area contributed by atoms with Crippen molar-refractivity contribution in [3.8, 4) is 12.1 Å². The largest absolute Gasteiger partial charge is 0.378 e. The molecule has 1 heterocycles. The van der Waals surface area contributed by atoms with Crippen molar-refractivity contribution >= 4 is 5.69 Å². The molecular formula is C12H11N3O. The van der Waals surface area contributed by atoms with Crippen LogP contribution < -0.4 is 4.90 Å². The van der Waals surface area contributed by atoms with E-state index in [0.717, 1.165) is 18.8 Å². The molecule has 0 radical (unpaired) electrons. The molecule has 0 N–H and O–H groups in total. The summed E-state index contributed by atoms with van der Waals surface area (Å²) in [5.74, 6) is 0. The number of rotatable bonds is 1. The minimum absolute atomic E-state index is 0.522. The van der Waals surface area contributed by atoms with Crippen molar-refractivity contribution in [2.75, 3.05) is 31.2 Å². The van der Waals surface area contributed by atoms with E-state index < -0.39 is 0 Å². The van der Waals surface area contributed by atoms with E-state index in [1.165, 1.54) is 0 Å². The van der Waals surface area contributed by atoms with E-state index in [4.69, 9.17) is 15.3 Å². The van der Waals surface area contributed by atoms with Crippen LogP contribution in [0.5, 0.6) is 0 Å². The summed E-state index contributed by atoms with van der Waals surface area (Å²) in [6, 6.07) is 9.38. The smallest absolute Gasteiger partial charge is 0.101 e. The lowest BCUT2D eigenvalue weighted by Gasteiger charge is -2.29. The lowest BCUT2D eigenvalue weighted by atomic mass is 10.1. The number of nitrogens with zero attached hydrogens (tertiary/aromatic N) is 3. The summed E-state index contributed by atoms with van der Waals surface area (Å²) in [5.41, 5.74) is 1.97. The Labute approximate surface area is 94.3 Å². The molecule has 16 heavy (non-hydrogen) atoms. The molecule has 0 aromatic heterocycles. The zero-order chi connectivity index (χ0) is 11.4. The Morgan fingerprint density at radius 2 is 1.88 bits per heavy atom. The molecule has 1 fully saturated rings. The van der Waals surface area contributed by atoms with Crippen LogP contribution in [0.1, 0.15) is 11.1 Å². The van der Waals surface area contributed by atoms with Gasteiger partial charge in [0.1, 0.15) is 6.07 Å². The van der Waals surface area contributed by atoms with Gasteiger partial charge in [-0.3, -0.25) is 0 Å². The van der Waals surface area contributed by atoms with Gasteiger partial charge >= 0.3 is 0 Å². The Morgan fingerprint density at radius 3 is 2.50 bits per heavy atom. The van der Waals surface area contributed by atoms with Crippen LogP contribution in [0.25, 0.3) is 0 Å². The highest BCUT2D eigenvalue weighted by molar-refractivity contribution is 5.62. The number of morpholine rings is 1. The molecule has 0 amide bonds. The maximum Gasteiger partial charge on any atom is 0.101 e. The molecule has 1 aromatic rings. The van der Waals surface area contributed by atoms with Gasteiger partial charge in [-0.1, -0.05) is 0 Å². The lowest BCUT2D eigenvalue weighted by Crippen LogP contribution is -2.36. The van der Waals surface area contributed by atoms with Crippen LogP contribution in [0.15, 0.2) is 18.2 Å². The molecule has 1 aliphatic rings. The van der Waals surface area contributed by atoms with Crippen molar-refractivity contribution in [3.63, 3.8) is 0 Å². The topological polar surface area (TPSA) is 60.1 Å². The monoisotopic (exact) mass is 213 g/mol. The van der Waals surface area contributed by atoms with Gasteiger partial charge in [-0.15, -0.1) is 0 Å². The highest BCUT2D eigenvalue weighted by Crippen LogP contribution is 2.22. The number of benzene rings is 1. The predicted molar refractivity (Wildman–Crippen MR) is 58.9 cm³/mol. The Hall–Kier alpha value is -2.04. The van der Waals surface area contributed by atoms with Gasteiger partial charge in [0.05, 0.1) is 36.1 Å². The van der Waals surface area contributed by atoms with Gasteiger partial charge in [-0.2, -0.15) is 10.5 Å². The fourth-order valence-corrected chi connectivity index (χ4v) is 1.78. The van der Waals surface area contributed by atoms with E-state index in [0.29, 0.717) is 24.3 Å². The van der Waals surface area contributed by atoms with Crippen molar-refractivity contribution in [2.24, 2.45) is 0 Å². The van der Waals surface area contributed by atoms with Crippen molar-refractivity contribution in [2.45, 2.75) is 0 Å². The maximum atomic E-state index is 9.05. The van der Waals surface area contributed by atoms with E-state index in [1.807, 2.05) is 12.1 Å². The van der Waals surface area contributed by atoms with E-state index >= 15 is 0 Å². The number of ether oxygens (including phenoxy) is 1. The highest BCUT2D eigenvalue weighted by Gasteiger charge is 2.14. The first kappa shape index (κ1) is 10.5. The molecular weight excluding hydrogens is 202 g/mol. The summed E-state index contributed by atoms with van der Waals surface area (Å²) in [4.78, 5) is 2.11. The Balaban J connectivity index is 2.33. The third-order valence-electron chi connectivity index (χ3n) is 2.60. The second-order valence-corrected chi connectivity index (χ2v) is 3.55. The zero-order valence-electron chi connectivity index (χ0n) is 8.81. The quantitative estimate of drug-likeness (QED) is 0.704. The van der Waals surface area contributed by atoms with Gasteiger partial charge in [0.25, 0.3) is 0 Å². The molecule has 0 aliphatic carbocycles.